The molecule has 0 bridgehead atoms. The molecular formula is C33H34F3N3O5. The first-order valence-electron chi connectivity index (χ1n) is 14.1. The first-order valence-corrected chi connectivity index (χ1v) is 14.1. The van der Waals surface area contributed by atoms with Gasteiger partial charge in [-0.2, -0.15) is 18.3 Å². The Hall–Kier alpha value is -4.80. The molecule has 4 rings (SSSR count). The van der Waals surface area contributed by atoms with Crippen LogP contribution in [0.1, 0.15) is 59.4 Å². The van der Waals surface area contributed by atoms with Crippen molar-refractivity contribution in [2.75, 3.05) is 13.2 Å². The van der Waals surface area contributed by atoms with Crippen LogP contribution in [-0.2, 0) is 44.5 Å². The van der Waals surface area contributed by atoms with E-state index in [9.17, 15) is 27.6 Å². The Morgan fingerprint density at radius 1 is 0.795 bits per heavy atom. The van der Waals surface area contributed by atoms with Gasteiger partial charge in [0.15, 0.2) is 5.82 Å². The summed E-state index contributed by atoms with van der Waals surface area (Å²) in [7, 11) is 0. The van der Waals surface area contributed by atoms with Crippen molar-refractivity contribution in [1.82, 2.24) is 14.8 Å². The number of halogens is 3. The third-order valence-electron chi connectivity index (χ3n) is 6.27. The predicted molar refractivity (Wildman–Crippen MR) is 157 cm³/mol. The molecular weight excluding hydrogens is 575 g/mol. The van der Waals surface area contributed by atoms with Crippen LogP contribution in [0.2, 0.25) is 0 Å². The Bertz CT molecular complexity index is 1490. The molecule has 2 aromatic carbocycles. The van der Waals surface area contributed by atoms with E-state index < -0.39 is 23.7 Å². The number of hydrogen-bond donors (Lipinski definition) is 0. The number of pyridine rings is 1. The van der Waals surface area contributed by atoms with Gasteiger partial charge in [0.1, 0.15) is 17.8 Å². The summed E-state index contributed by atoms with van der Waals surface area (Å²) >= 11 is 0. The standard InChI is InChI=1S/C20H18F3N3O2.C13H16O3/c1-2-28-19(27)16-13-26(18-11-9-15(12-24-18)20(21,22)23)25-17(16)10-8-14-6-4-3-5-7-14;1-2-16-13(15)10-12(14)9-8-11-6-4-3-5-7-11/h3-7,9,11-13H,2,8,10H2,1H3;3-7H,2,8-10H2,1H3. The van der Waals surface area contributed by atoms with Crippen molar-refractivity contribution in [3.8, 4) is 5.82 Å². The van der Waals surface area contributed by atoms with E-state index in [4.69, 9.17) is 9.47 Å². The molecule has 0 aliphatic heterocycles. The second-order valence-electron chi connectivity index (χ2n) is 9.55. The smallest absolute Gasteiger partial charge is 0.417 e. The number of rotatable bonds is 12. The van der Waals surface area contributed by atoms with E-state index in [0.717, 1.165) is 23.4 Å². The number of aryl methyl sites for hydroxylation is 3. The highest BCUT2D eigenvalue weighted by Gasteiger charge is 2.31. The number of carbonyl (C=O) groups is 3. The first kappa shape index (κ1) is 33.7. The van der Waals surface area contributed by atoms with Crippen molar-refractivity contribution in [2.24, 2.45) is 0 Å². The van der Waals surface area contributed by atoms with Gasteiger partial charge in [0.2, 0.25) is 0 Å². The summed E-state index contributed by atoms with van der Waals surface area (Å²) in [5.74, 6) is -0.837. The Morgan fingerprint density at radius 2 is 1.41 bits per heavy atom. The van der Waals surface area contributed by atoms with Crippen molar-refractivity contribution in [1.29, 1.82) is 0 Å². The molecule has 0 aliphatic carbocycles. The summed E-state index contributed by atoms with van der Waals surface area (Å²) in [6, 6.07) is 21.6. The van der Waals surface area contributed by atoms with Crippen LogP contribution < -0.4 is 0 Å². The van der Waals surface area contributed by atoms with Gasteiger partial charge in [0, 0.05) is 18.8 Å². The Labute approximate surface area is 253 Å². The van der Waals surface area contributed by atoms with Gasteiger partial charge in [-0.1, -0.05) is 60.7 Å². The molecule has 0 N–H and O–H groups in total. The van der Waals surface area contributed by atoms with Crippen LogP contribution in [0.25, 0.3) is 5.82 Å². The largest absolute Gasteiger partial charge is 0.466 e. The van der Waals surface area contributed by atoms with Crippen LogP contribution in [-0.4, -0.2) is 45.7 Å². The maximum Gasteiger partial charge on any atom is 0.417 e. The fraction of sp³-hybridized carbons (Fsp3) is 0.303. The average molecular weight is 610 g/mol. The average Bonchev–Trinajstić information content (AvgIpc) is 3.45. The number of aromatic nitrogens is 3. The Kier molecular flexibility index (Phi) is 12.8. The lowest BCUT2D eigenvalue weighted by atomic mass is 10.1. The molecule has 8 nitrogen and oxygen atoms in total. The molecule has 0 saturated carbocycles. The van der Waals surface area contributed by atoms with E-state index >= 15 is 0 Å². The monoisotopic (exact) mass is 609 g/mol. The molecule has 0 radical (unpaired) electrons. The number of Topliss-reactive ketones (excluding diaryl/α,β-unsaturated/α-hetero) is 1. The summed E-state index contributed by atoms with van der Waals surface area (Å²) in [6.45, 7) is 3.96. The zero-order chi connectivity index (χ0) is 32.0. The molecule has 0 saturated heterocycles. The fourth-order valence-electron chi connectivity index (χ4n) is 4.08. The van der Waals surface area contributed by atoms with Gasteiger partial charge in [0.05, 0.1) is 24.5 Å². The molecule has 44 heavy (non-hydrogen) atoms. The number of nitrogens with zero attached hydrogens (tertiary/aromatic N) is 3. The summed E-state index contributed by atoms with van der Waals surface area (Å²) in [6.07, 6.45) is -0.190. The molecule has 11 heteroatoms. The highest BCUT2D eigenvalue weighted by Crippen LogP contribution is 2.28. The van der Waals surface area contributed by atoms with Gasteiger partial charge in [0.25, 0.3) is 0 Å². The van der Waals surface area contributed by atoms with Crippen molar-refractivity contribution in [3.63, 3.8) is 0 Å². The number of carbonyl (C=O) groups excluding carboxylic acids is 3. The van der Waals surface area contributed by atoms with Gasteiger partial charge >= 0.3 is 18.1 Å². The summed E-state index contributed by atoms with van der Waals surface area (Å²) < 4.78 is 49.2. The normalized spacial score (nSPS) is 10.8. The number of alkyl halides is 3. The quantitative estimate of drug-likeness (QED) is 0.136. The highest BCUT2D eigenvalue weighted by molar-refractivity contribution is 5.95. The summed E-state index contributed by atoms with van der Waals surface area (Å²) in [4.78, 5) is 38.5. The van der Waals surface area contributed by atoms with E-state index in [2.05, 4.69) is 10.1 Å². The number of ketones is 1. The lowest BCUT2D eigenvalue weighted by Crippen LogP contribution is -2.11. The zero-order valence-electron chi connectivity index (χ0n) is 24.5. The number of esters is 2. The molecule has 0 spiro atoms. The van der Waals surface area contributed by atoms with Crippen LogP contribution in [0.5, 0.6) is 0 Å². The van der Waals surface area contributed by atoms with Gasteiger partial charge in [-0.05, 0) is 56.4 Å². The molecule has 4 aromatic rings. The van der Waals surface area contributed by atoms with Gasteiger partial charge in [-0.3, -0.25) is 9.59 Å². The third kappa shape index (κ3) is 10.8. The molecule has 0 aliphatic rings. The highest BCUT2D eigenvalue weighted by atomic mass is 19.4. The van der Waals surface area contributed by atoms with Crippen LogP contribution in [0, 0.1) is 0 Å². The number of hydrogen-bond acceptors (Lipinski definition) is 7. The van der Waals surface area contributed by atoms with Crippen molar-refractivity contribution >= 4 is 17.7 Å². The van der Waals surface area contributed by atoms with Crippen LogP contribution in [0.3, 0.4) is 0 Å². The minimum atomic E-state index is -4.47. The first-order chi connectivity index (χ1) is 21.1. The van der Waals surface area contributed by atoms with E-state index in [1.54, 1.807) is 13.8 Å². The Morgan fingerprint density at radius 3 is 1.95 bits per heavy atom. The van der Waals surface area contributed by atoms with Crippen molar-refractivity contribution in [2.45, 2.75) is 52.1 Å². The van der Waals surface area contributed by atoms with Crippen LogP contribution in [0.4, 0.5) is 13.2 Å². The maximum atomic E-state index is 12.7. The van der Waals surface area contributed by atoms with Gasteiger partial charge < -0.3 is 9.47 Å². The molecule has 0 atom stereocenters. The topological polar surface area (TPSA) is 100 Å². The van der Waals surface area contributed by atoms with E-state index in [0.29, 0.717) is 38.0 Å². The minimum Gasteiger partial charge on any atom is -0.466 e. The van der Waals surface area contributed by atoms with E-state index in [1.807, 2.05) is 60.7 Å². The zero-order valence-corrected chi connectivity index (χ0v) is 24.5. The SMILES string of the molecule is CCOC(=O)CC(=O)CCc1ccccc1.CCOC(=O)c1cn(-c2ccc(C(F)(F)F)cn2)nc1CCc1ccccc1. The number of ether oxygens (including phenoxy) is 2. The fourth-order valence-corrected chi connectivity index (χ4v) is 4.08. The molecule has 2 aromatic heterocycles. The van der Waals surface area contributed by atoms with Gasteiger partial charge in [-0.15, -0.1) is 0 Å². The molecule has 0 unspecified atom stereocenters. The molecule has 2 heterocycles. The Balaban J connectivity index is 0.000000281. The summed E-state index contributed by atoms with van der Waals surface area (Å²) in [5.41, 5.74) is 2.13. The number of benzene rings is 2. The van der Waals surface area contributed by atoms with Gasteiger partial charge in [-0.25, -0.2) is 14.5 Å². The van der Waals surface area contributed by atoms with E-state index in [1.165, 1.54) is 16.9 Å². The second kappa shape index (κ2) is 16.7. The minimum absolute atomic E-state index is 0.0673. The van der Waals surface area contributed by atoms with E-state index in [-0.39, 0.29) is 30.2 Å². The summed E-state index contributed by atoms with van der Waals surface area (Å²) in [5, 5.41) is 4.36. The molecule has 0 fully saturated rings. The third-order valence-corrected chi connectivity index (χ3v) is 6.27. The lowest BCUT2D eigenvalue weighted by molar-refractivity contribution is -0.145. The van der Waals surface area contributed by atoms with Crippen molar-refractivity contribution < 1.29 is 37.0 Å². The molecule has 0 amide bonds. The second-order valence-corrected chi connectivity index (χ2v) is 9.55. The maximum absolute atomic E-state index is 12.7. The predicted octanol–water partition coefficient (Wildman–Crippen LogP) is 6.39. The molecule has 232 valence electrons. The van der Waals surface area contributed by atoms with Crippen LogP contribution in [0.15, 0.2) is 85.2 Å². The van der Waals surface area contributed by atoms with Crippen molar-refractivity contribution in [3.05, 3.63) is 113 Å². The van der Waals surface area contributed by atoms with Crippen LogP contribution >= 0.6 is 0 Å². The lowest BCUT2D eigenvalue weighted by Gasteiger charge is -2.06.